The lowest BCUT2D eigenvalue weighted by Crippen LogP contribution is -2.43. The minimum absolute atomic E-state index is 0.0103. The number of urea groups is 1. The highest BCUT2D eigenvalue weighted by molar-refractivity contribution is 7.91. The van der Waals surface area contributed by atoms with Crippen molar-refractivity contribution in [1.82, 2.24) is 14.5 Å². The maximum atomic E-state index is 12.9. The van der Waals surface area contributed by atoms with Gasteiger partial charge in [0.2, 0.25) is 10.0 Å². The lowest BCUT2D eigenvalue weighted by Gasteiger charge is -2.25. The summed E-state index contributed by atoms with van der Waals surface area (Å²) in [6.07, 6.45) is 1.85. The highest BCUT2D eigenvalue weighted by Crippen LogP contribution is 2.26. The number of sulfonamides is 1. The van der Waals surface area contributed by atoms with Gasteiger partial charge in [0, 0.05) is 40.3 Å². The van der Waals surface area contributed by atoms with Crippen LogP contribution < -0.4 is 9.50 Å². The van der Waals surface area contributed by atoms with Gasteiger partial charge in [-0.1, -0.05) is 24.3 Å². The second-order valence-electron chi connectivity index (χ2n) is 8.27. The summed E-state index contributed by atoms with van der Waals surface area (Å²) < 4.78 is 62.9. The van der Waals surface area contributed by atoms with E-state index in [9.17, 15) is 21.6 Å². The van der Waals surface area contributed by atoms with Crippen molar-refractivity contribution in [3.05, 3.63) is 54.1 Å². The van der Waals surface area contributed by atoms with Gasteiger partial charge in [-0.2, -0.15) is 8.42 Å². The molecule has 192 valence electrons. The number of ether oxygens (including phenoxy) is 1. The van der Waals surface area contributed by atoms with Crippen LogP contribution in [0.3, 0.4) is 0 Å². The average molecular weight is 526 g/mol. The van der Waals surface area contributed by atoms with Gasteiger partial charge in [-0.25, -0.2) is 17.5 Å². The van der Waals surface area contributed by atoms with E-state index in [1.54, 1.807) is 17.0 Å². The zero-order valence-electron chi connectivity index (χ0n) is 20.0. The van der Waals surface area contributed by atoms with E-state index in [4.69, 9.17) is 8.92 Å². The predicted molar refractivity (Wildman–Crippen MR) is 130 cm³/mol. The Morgan fingerprint density at radius 3 is 2.29 bits per heavy atom. The fraction of sp³-hybridized carbons (Fsp3) is 0.435. The first-order valence-corrected chi connectivity index (χ1v) is 14.1. The van der Waals surface area contributed by atoms with Gasteiger partial charge in [0.05, 0.1) is 6.10 Å². The minimum atomic E-state index is -4.43. The maximum absolute atomic E-state index is 12.9. The molecule has 0 aliphatic carbocycles. The predicted octanol–water partition coefficient (Wildman–Crippen LogP) is 2.42. The number of hydrogen-bond acceptors (Lipinski definition) is 7. The number of carbonyl (C=O) groups is 1. The molecule has 0 spiro atoms. The second-order valence-corrected chi connectivity index (χ2v) is 11.9. The van der Waals surface area contributed by atoms with Crippen molar-refractivity contribution in [2.45, 2.75) is 42.2 Å². The molecule has 1 heterocycles. The molecule has 2 amide bonds. The molecular formula is C23H31N3O7S2. The normalized spacial score (nSPS) is 16.3. The molecule has 1 saturated heterocycles. The largest absolute Gasteiger partial charge is 0.379 e. The van der Waals surface area contributed by atoms with E-state index in [-0.39, 0.29) is 22.8 Å². The Morgan fingerprint density at radius 1 is 1.06 bits per heavy atom. The van der Waals surface area contributed by atoms with Crippen molar-refractivity contribution in [2.24, 2.45) is 0 Å². The van der Waals surface area contributed by atoms with Crippen LogP contribution in [0.25, 0.3) is 0 Å². The summed E-state index contributed by atoms with van der Waals surface area (Å²) in [5, 5.41) is 2.80. The van der Waals surface area contributed by atoms with Gasteiger partial charge in [-0.3, -0.25) is 0 Å². The van der Waals surface area contributed by atoms with Crippen molar-refractivity contribution in [3.8, 4) is 5.75 Å². The molecular weight excluding hydrogens is 494 g/mol. The number of benzene rings is 2. The fourth-order valence-electron chi connectivity index (χ4n) is 3.63. The summed E-state index contributed by atoms with van der Waals surface area (Å²) in [6.45, 7) is 3.79. The number of amides is 2. The van der Waals surface area contributed by atoms with Crippen molar-refractivity contribution in [2.75, 3.05) is 33.8 Å². The van der Waals surface area contributed by atoms with Gasteiger partial charge in [0.15, 0.2) is 0 Å². The first kappa shape index (κ1) is 26.9. The molecule has 3 rings (SSSR count). The molecule has 1 aliphatic rings. The molecule has 35 heavy (non-hydrogen) atoms. The van der Waals surface area contributed by atoms with E-state index < -0.39 is 25.0 Å². The summed E-state index contributed by atoms with van der Waals surface area (Å²) >= 11 is 0. The number of carbonyl (C=O) groups excluding carboxylic acids is 1. The first-order valence-electron chi connectivity index (χ1n) is 11.2. The Bertz CT molecular complexity index is 1220. The van der Waals surface area contributed by atoms with E-state index in [2.05, 4.69) is 5.32 Å². The average Bonchev–Trinajstić information content (AvgIpc) is 3.33. The van der Waals surface area contributed by atoms with Crippen LogP contribution in [0.15, 0.2) is 58.3 Å². The Morgan fingerprint density at radius 2 is 1.71 bits per heavy atom. The van der Waals surface area contributed by atoms with E-state index in [1.807, 2.05) is 6.92 Å². The summed E-state index contributed by atoms with van der Waals surface area (Å²) in [6, 6.07) is 11.3. The lowest BCUT2D eigenvalue weighted by atomic mass is 10.2. The molecule has 0 aromatic heterocycles. The van der Waals surface area contributed by atoms with Crippen LogP contribution in [0.4, 0.5) is 4.79 Å². The van der Waals surface area contributed by atoms with Crippen LogP contribution >= 0.6 is 0 Å². The summed E-state index contributed by atoms with van der Waals surface area (Å²) in [5.74, 6) is 0.0227. The van der Waals surface area contributed by atoms with Crippen molar-refractivity contribution >= 4 is 26.2 Å². The Kier molecular flexibility index (Phi) is 8.75. The zero-order valence-corrected chi connectivity index (χ0v) is 21.6. The molecule has 0 radical (unpaired) electrons. The second kappa shape index (κ2) is 11.4. The quantitative estimate of drug-likeness (QED) is 0.473. The molecule has 1 N–H and O–H groups in total. The van der Waals surface area contributed by atoms with Crippen LogP contribution in [0.5, 0.6) is 5.75 Å². The van der Waals surface area contributed by atoms with Crippen molar-refractivity contribution in [3.63, 3.8) is 0 Å². The molecule has 2 aromatic carbocycles. The highest BCUT2D eigenvalue weighted by atomic mass is 32.2. The topological polar surface area (TPSA) is 122 Å². The van der Waals surface area contributed by atoms with E-state index in [0.29, 0.717) is 26.2 Å². The van der Waals surface area contributed by atoms with Crippen molar-refractivity contribution in [1.29, 1.82) is 0 Å². The van der Waals surface area contributed by atoms with Gasteiger partial charge in [-0.05, 0) is 49.6 Å². The Balaban J connectivity index is 1.77. The molecule has 10 nitrogen and oxygen atoms in total. The SMILES string of the molecule is CCNC(=O)N(Cc1ccc(OS(=O)(=O)c2ccccc2S(=O)(=O)N(C)C)cc1)C[C@@H]1CCCO1. The highest BCUT2D eigenvalue weighted by Gasteiger charge is 2.29. The molecule has 2 aromatic rings. The van der Waals surface area contributed by atoms with Gasteiger partial charge in [0.25, 0.3) is 0 Å². The fourth-order valence-corrected chi connectivity index (χ4v) is 6.23. The minimum Gasteiger partial charge on any atom is -0.379 e. The number of nitrogens with zero attached hydrogens (tertiary/aromatic N) is 2. The van der Waals surface area contributed by atoms with Crippen molar-refractivity contribution < 1.29 is 30.6 Å². The summed E-state index contributed by atoms with van der Waals surface area (Å²) in [4.78, 5) is 13.4. The molecule has 1 fully saturated rings. The molecule has 0 unspecified atom stereocenters. The van der Waals surface area contributed by atoms with Crippen LogP contribution in [-0.4, -0.2) is 72.0 Å². The monoisotopic (exact) mass is 525 g/mol. The van der Waals surface area contributed by atoms with Crippen LogP contribution in [0.2, 0.25) is 0 Å². The maximum Gasteiger partial charge on any atom is 0.340 e. The zero-order chi connectivity index (χ0) is 25.6. The summed E-state index contributed by atoms with van der Waals surface area (Å²) in [7, 11) is -5.79. The standard InChI is InChI=1S/C23H31N3O7S2/c1-4-24-23(27)26(17-20-8-7-15-32-20)16-18-11-13-19(14-12-18)33-35(30,31)22-10-6-5-9-21(22)34(28,29)25(2)3/h5-6,9-14,20H,4,7-8,15-17H2,1-3H3,(H,24,27)/t20-/m0/s1. The Hall–Kier alpha value is -2.67. The van der Waals surface area contributed by atoms with E-state index >= 15 is 0 Å². The third-order valence-corrected chi connectivity index (χ3v) is 8.75. The van der Waals surface area contributed by atoms with Gasteiger partial charge in [0.1, 0.15) is 15.5 Å². The first-order chi connectivity index (χ1) is 16.5. The van der Waals surface area contributed by atoms with E-state index in [1.165, 1.54) is 50.5 Å². The van der Waals surface area contributed by atoms with E-state index in [0.717, 1.165) is 22.7 Å². The Labute approximate surface area is 207 Å². The van der Waals surface area contributed by atoms with Crippen LogP contribution in [0.1, 0.15) is 25.3 Å². The number of nitrogens with one attached hydrogen (secondary N) is 1. The number of rotatable bonds is 10. The molecule has 0 saturated carbocycles. The third kappa shape index (κ3) is 6.72. The van der Waals surface area contributed by atoms with Gasteiger partial charge in [-0.15, -0.1) is 0 Å². The lowest BCUT2D eigenvalue weighted by molar-refractivity contribution is 0.0796. The van der Waals surface area contributed by atoms with Crippen LogP contribution in [0, 0.1) is 0 Å². The van der Waals surface area contributed by atoms with Gasteiger partial charge >= 0.3 is 16.1 Å². The summed E-state index contributed by atoms with van der Waals surface area (Å²) in [5.41, 5.74) is 0.773. The molecule has 1 aliphatic heterocycles. The van der Waals surface area contributed by atoms with Crippen LogP contribution in [-0.2, 0) is 31.4 Å². The van der Waals surface area contributed by atoms with Gasteiger partial charge < -0.3 is 19.1 Å². The molecule has 1 atom stereocenters. The molecule has 0 bridgehead atoms. The smallest absolute Gasteiger partial charge is 0.340 e. The number of hydrogen-bond donors (Lipinski definition) is 1. The molecule has 12 heteroatoms. The third-order valence-electron chi connectivity index (χ3n) is 5.44.